The molecule has 1 aromatic heterocycles. The van der Waals surface area contributed by atoms with Crippen LogP contribution in [0.4, 0.5) is 0 Å². The van der Waals surface area contributed by atoms with Gasteiger partial charge in [0.05, 0.1) is 0 Å². The van der Waals surface area contributed by atoms with E-state index in [0.29, 0.717) is 11.8 Å². The van der Waals surface area contributed by atoms with Gasteiger partial charge in [-0.15, -0.1) is 22.0 Å². The third-order valence-corrected chi connectivity index (χ3v) is 3.79. The highest BCUT2D eigenvalue weighted by Crippen LogP contribution is 2.32. The van der Waals surface area contributed by atoms with Crippen LogP contribution >= 0.6 is 11.8 Å². The summed E-state index contributed by atoms with van der Waals surface area (Å²) in [6.07, 6.45) is 2.08. The molecule has 3 aromatic rings. The lowest BCUT2D eigenvalue weighted by Crippen LogP contribution is -1.85. The maximum atomic E-state index is 5.56. The summed E-state index contributed by atoms with van der Waals surface area (Å²) in [4.78, 5) is 1.24. The Labute approximate surface area is 122 Å². The van der Waals surface area contributed by atoms with Crippen LogP contribution in [0.2, 0.25) is 0 Å². The van der Waals surface area contributed by atoms with Crippen LogP contribution in [-0.4, -0.2) is 16.5 Å². The van der Waals surface area contributed by atoms with Crippen LogP contribution in [0.15, 0.2) is 57.8 Å². The van der Waals surface area contributed by atoms with Gasteiger partial charge in [0, 0.05) is 17.4 Å². The highest BCUT2D eigenvalue weighted by Gasteiger charge is 2.12. The zero-order chi connectivity index (χ0) is 13.9. The van der Waals surface area contributed by atoms with Crippen molar-refractivity contribution in [3.8, 4) is 22.6 Å². The van der Waals surface area contributed by atoms with Gasteiger partial charge in [0.25, 0.3) is 0 Å². The molecule has 4 heteroatoms. The predicted molar refractivity (Wildman–Crippen MR) is 81.7 cm³/mol. The molecule has 20 heavy (non-hydrogen) atoms. The molecule has 100 valence electrons. The summed E-state index contributed by atoms with van der Waals surface area (Å²) in [6.45, 7) is 1.80. The van der Waals surface area contributed by atoms with Gasteiger partial charge in [0.15, 0.2) is 0 Å². The average Bonchev–Trinajstić information content (AvgIpc) is 2.94. The lowest BCUT2D eigenvalue weighted by Gasteiger charge is -2.07. The largest absolute Gasteiger partial charge is 0.421 e. The number of hydrogen-bond donors (Lipinski definition) is 0. The number of nitrogens with zero attached hydrogens (tertiary/aromatic N) is 2. The first-order valence-corrected chi connectivity index (χ1v) is 7.54. The topological polar surface area (TPSA) is 38.9 Å². The van der Waals surface area contributed by atoms with E-state index in [2.05, 4.69) is 46.8 Å². The van der Waals surface area contributed by atoms with Gasteiger partial charge in [-0.2, -0.15) is 0 Å². The minimum Gasteiger partial charge on any atom is -0.421 e. The van der Waals surface area contributed by atoms with Gasteiger partial charge >= 0.3 is 0 Å². The minimum absolute atomic E-state index is 0.563. The summed E-state index contributed by atoms with van der Waals surface area (Å²) in [5.74, 6) is 1.14. The molecule has 0 aliphatic carbocycles. The molecule has 0 bridgehead atoms. The van der Waals surface area contributed by atoms with Gasteiger partial charge in [0.2, 0.25) is 11.8 Å². The first-order valence-electron chi connectivity index (χ1n) is 6.32. The Morgan fingerprint density at radius 1 is 0.950 bits per heavy atom. The van der Waals surface area contributed by atoms with E-state index in [1.807, 2.05) is 18.2 Å². The molecule has 0 atom stereocenters. The van der Waals surface area contributed by atoms with Crippen LogP contribution < -0.4 is 0 Å². The van der Waals surface area contributed by atoms with Gasteiger partial charge in [-0.05, 0) is 35.6 Å². The standard InChI is InChI=1S/C16H14N2OS/c1-11-17-18-16(19-11)15-9-4-3-8-14(15)12-6-5-7-13(10-12)20-2/h3-10H,1-2H3. The molecule has 0 saturated carbocycles. The fourth-order valence-electron chi connectivity index (χ4n) is 2.12. The van der Waals surface area contributed by atoms with Crippen molar-refractivity contribution in [3.05, 3.63) is 54.4 Å². The molecule has 0 N–H and O–H groups in total. The van der Waals surface area contributed by atoms with Crippen LogP contribution in [0.1, 0.15) is 5.89 Å². The molecule has 0 aliphatic rings. The molecule has 0 saturated heterocycles. The Balaban J connectivity index is 2.14. The van der Waals surface area contributed by atoms with E-state index in [9.17, 15) is 0 Å². The summed E-state index contributed by atoms with van der Waals surface area (Å²) < 4.78 is 5.56. The van der Waals surface area contributed by atoms with Crippen LogP contribution in [0.25, 0.3) is 22.6 Å². The van der Waals surface area contributed by atoms with E-state index in [1.165, 1.54) is 4.90 Å². The van der Waals surface area contributed by atoms with Gasteiger partial charge in [0.1, 0.15) is 0 Å². The van der Waals surface area contributed by atoms with Crippen molar-refractivity contribution < 1.29 is 4.42 Å². The number of aromatic nitrogens is 2. The smallest absolute Gasteiger partial charge is 0.248 e. The molecule has 0 spiro atoms. The summed E-state index contributed by atoms with van der Waals surface area (Å²) in [5, 5.41) is 8.03. The highest BCUT2D eigenvalue weighted by atomic mass is 32.2. The zero-order valence-electron chi connectivity index (χ0n) is 11.3. The number of benzene rings is 2. The highest BCUT2D eigenvalue weighted by molar-refractivity contribution is 7.98. The SMILES string of the molecule is CSc1cccc(-c2ccccc2-c2nnc(C)o2)c1. The van der Waals surface area contributed by atoms with Crippen molar-refractivity contribution in [1.82, 2.24) is 10.2 Å². The third-order valence-electron chi connectivity index (χ3n) is 3.06. The van der Waals surface area contributed by atoms with E-state index in [1.54, 1.807) is 18.7 Å². The molecule has 0 unspecified atom stereocenters. The number of thioether (sulfide) groups is 1. The maximum Gasteiger partial charge on any atom is 0.248 e. The van der Waals surface area contributed by atoms with Crippen LogP contribution in [0, 0.1) is 6.92 Å². The second-order valence-corrected chi connectivity index (χ2v) is 5.28. The molecule has 0 amide bonds. The monoisotopic (exact) mass is 282 g/mol. The van der Waals surface area contributed by atoms with Crippen LogP contribution in [-0.2, 0) is 0 Å². The second-order valence-electron chi connectivity index (χ2n) is 4.40. The van der Waals surface area contributed by atoms with Crippen molar-refractivity contribution in [2.24, 2.45) is 0 Å². The second kappa shape index (κ2) is 5.51. The molecule has 1 heterocycles. The molecule has 0 radical (unpaired) electrons. The molecular formula is C16H14N2OS. The van der Waals surface area contributed by atoms with Gasteiger partial charge in [-0.25, -0.2) is 0 Å². The van der Waals surface area contributed by atoms with Gasteiger partial charge in [-0.3, -0.25) is 0 Å². The van der Waals surface area contributed by atoms with Crippen molar-refractivity contribution in [2.75, 3.05) is 6.26 Å². The molecule has 0 aliphatic heterocycles. The quantitative estimate of drug-likeness (QED) is 0.666. The van der Waals surface area contributed by atoms with Crippen molar-refractivity contribution in [3.63, 3.8) is 0 Å². The van der Waals surface area contributed by atoms with Crippen molar-refractivity contribution >= 4 is 11.8 Å². The summed E-state index contributed by atoms with van der Waals surface area (Å²) in [5.41, 5.74) is 3.22. The number of rotatable bonds is 3. The fraction of sp³-hybridized carbons (Fsp3) is 0.125. The van der Waals surface area contributed by atoms with E-state index < -0.39 is 0 Å². The maximum absolute atomic E-state index is 5.56. The van der Waals surface area contributed by atoms with Crippen LogP contribution in [0.3, 0.4) is 0 Å². The first kappa shape index (κ1) is 12.9. The Morgan fingerprint density at radius 3 is 2.45 bits per heavy atom. The summed E-state index contributed by atoms with van der Waals surface area (Å²) >= 11 is 1.73. The van der Waals surface area contributed by atoms with E-state index in [4.69, 9.17) is 4.42 Å². The normalized spacial score (nSPS) is 10.7. The average molecular weight is 282 g/mol. The minimum atomic E-state index is 0.563. The molecule has 2 aromatic carbocycles. The molecule has 0 fully saturated rings. The third kappa shape index (κ3) is 2.47. The van der Waals surface area contributed by atoms with E-state index in [-0.39, 0.29) is 0 Å². The predicted octanol–water partition coefficient (Wildman–Crippen LogP) is 4.43. The van der Waals surface area contributed by atoms with E-state index in [0.717, 1.165) is 16.7 Å². The fourth-order valence-corrected chi connectivity index (χ4v) is 2.58. The van der Waals surface area contributed by atoms with Crippen molar-refractivity contribution in [1.29, 1.82) is 0 Å². The molecule has 3 rings (SSSR count). The van der Waals surface area contributed by atoms with Crippen molar-refractivity contribution in [2.45, 2.75) is 11.8 Å². The molecule has 3 nitrogen and oxygen atoms in total. The summed E-state index contributed by atoms with van der Waals surface area (Å²) in [6, 6.07) is 16.5. The lowest BCUT2D eigenvalue weighted by atomic mass is 10.00. The Bertz CT molecular complexity index is 737. The van der Waals surface area contributed by atoms with Gasteiger partial charge < -0.3 is 4.42 Å². The van der Waals surface area contributed by atoms with E-state index >= 15 is 0 Å². The molecular weight excluding hydrogens is 268 g/mol. The number of aryl methyl sites for hydroxylation is 1. The van der Waals surface area contributed by atoms with Gasteiger partial charge in [-0.1, -0.05) is 30.3 Å². The summed E-state index contributed by atoms with van der Waals surface area (Å²) in [7, 11) is 0. The lowest BCUT2D eigenvalue weighted by molar-refractivity contribution is 0.533. The van der Waals surface area contributed by atoms with Crippen LogP contribution in [0.5, 0.6) is 0 Å². The number of hydrogen-bond acceptors (Lipinski definition) is 4. The Morgan fingerprint density at radius 2 is 1.75 bits per heavy atom. The zero-order valence-corrected chi connectivity index (χ0v) is 12.1. The Kier molecular flexibility index (Phi) is 3.56. The first-order chi connectivity index (χ1) is 9.78. The Hall–Kier alpha value is -2.07.